The van der Waals surface area contributed by atoms with Crippen molar-refractivity contribution in [3.8, 4) is 0 Å². The van der Waals surface area contributed by atoms with E-state index in [9.17, 15) is 9.59 Å². The van der Waals surface area contributed by atoms with Gasteiger partial charge in [-0.2, -0.15) is 0 Å². The maximum atomic E-state index is 13.8. The summed E-state index contributed by atoms with van der Waals surface area (Å²) in [5, 5.41) is 3.71. The average Bonchev–Trinajstić information content (AvgIpc) is 2.89. The highest BCUT2D eigenvalue weighted by atomic mass is 35.5. The Morgan fingerprint density at radius 2 is 1.45 bits per heavy atom. The van der Waals surface area contributed by atoms with Crippen molar-refractivity contribution in [1.82, 2.24) is 10.2 Å². The van der Waals surface area contributed by atoms with Crippen LogP contribution in [0.1, 0.15) is 63.3 Å². The number of halogens is 1. The van der Waals surface area contributed by atoms with Gasteiger partial charge in [0.15, 0.2) is 0 Å². The van der Waals surface area contributed by atoms with Crippen LogP contribution >= 0.6 is 11.6 Å². The molecule has 0 saturated carbocycles. The fourth-order valence-corrected chi connectivity index (χ4v) is 4.46. The van der Waals surface area contributed by atoms with Gasteiger partial charge in [-0.05, 0) is 52.1 Å². The molecule has 0 aliphatic heterocycles. The molecule has 3 rings (SSSR count). The molecule has 1 N–H and O–H groups in total. The van der Waals surface area contributed by atoms with Crippen LogP contribution in [-0.4, -0.2) is 29.3 Å². The first-order valence-corrected chi connectivity index (χ1v) is 13.9. The second-order valence-electron chi connectivity index (χ2n) is 11.4. The highest BCUT2D eigenvalue weighted by molar-refractivity contribution is 6.30. The minimum atomic E-state index is -0.623. The van der Waals surface area contributed by atoms with Gasteiger partial charge in [0.05, 0.1) is 0 Å². The number of carbonyl (C=O) groups is 2. The Bertz CT molecular complexity index is 1170. The summed E-state index contributed by atoms with van der Waals surface area (Å²) in [6.45, 7) is 11.6. The zero-order valence-corrected chi connectivity index (χ0v) is 24.1. The Morgan fingerprint density at radius 3 is 2.03 bits per heavy atom. The molecule has 0 saturated heterocycles. The molecule has 0 aliphatic rings. The number of hydrogen-bond acceptors (Lipinski definition) is 2. The highest BCUT2D eigenvalue weighted by Crippen LogP contribution is 2.23. The number of nitrogens with zero attached hydrogens (tertiary/aromatic N) is 1. The third-order valence-electron chi connectivity index (χ3n) is 6.67. The Hall–Kier alpha value is -3.11. The van der Waals surface area contributed by atoms with Gasteiger partial charge < -0.3 is 10.2 Å². The smallest absolute Gasteiger partial charge is 0.243 e. The van der Waals surface area contributed by atoms with E-state index in [1.807, 2.05) is 54.6 Å². The summed E-state index contributed by atoms with van der Waals surface area (Å²) >= 11 is 6.11. The second-order valence-corrected chi connectivity index (χ2v) is 11.9. The van der Waals surface area contributed by atoms with E-state index in [0.717, 1.165) is 16.7 Å². The van der Waals surface area contributed by atoms with Crippen molar-refractivity contribution in [2.45, 2.75) is 71.9 Å². The molecule has 3 aromatic rings. The van der Waals surface area contributed by atoms with E-state index in [0.29, 0.717) is 43.3 Å². The lowest BCUT2D eigenvalue weighted by Gasteiger charge is -2.32. The van der Waals surface area contributed by atoms with Crippen LogP contribution in [-0.2, 0) is 34.4 Å². The van der Waals surface area contributed by atoms with Crippen LogP contribution in [0.5, 0.6) is 0 Å². The summed E-state index contributed by atoms with van der Waals surface area (Å²) in [6, 6.07) is 25.2. The molecule has 5 heteroatoms. The molecular weight excluding hydrogens is 492 g/mol. The molecule has 2 amide bonds. The Labute approximate surface area is 233 Å². The Balaban J connectivity index is 1.87. The topological polar surface area (TPSA) is 49.4 Å². The van der Waals surface area contributed by atoms with Gasteiger partial charge in [-0.1, -0.05) is 113 Å². The summed E-state index contributed by atoms with van der Waals surface area (Å²) < 4.78 is 0. The first-order chi connectivity index (χ1) is 18.0. The number of amides is 2. The molecule has 4 nitrogen and oxygen atoms in total. The van der Waals surface area contributed by atoms with E-state index >= 15 is 0 Å². The molecule has 3 aromatic carbocycles. The maximum absolute atomic E-state index is 13.8. The van der Waals surface area contributed by atoms with Gasteiger partial charge in [0.2, 0.25) is 11.8 Å². The maximum Gasteiger partial charge on any atom is 0.243 e. The molecule has 1 atom stereocenters. The number of aryl methyl sites for hydroxylation is 1. The van der Waals surface area contributed by atoms with Crippen LogP contribution < -0.4 is 5.32 Å². The molecule has 0 aromatic heterocycles. The second kappa shape index (κ2) is 13.6. The molecule has 0 fully saturated rings. The van der Waals surface area contributed by atoms with Gasteiger partial charge in [0, 0.05) is 31.0 Å². The lowest BCUT2D eigenvalue weighted by atomic mass is 9.86. The van der Waals surface area contributed by atoms with Crippen molar-refractivity contribution in [2.75, 3.05) is 6.54 Å². The first kappa shape index (κ1) is 29.4. The van der Waals surface area contributed by atoms with Gasteiger partial charge in [-0.15, -0.1) is 0 Å². The molecule has 0 spiro atoms. The predicted octanol–water partition coefficient (Wildman–Crippen LogP) is 6.98. The summed E-state index contributed by atoms with van der Waals surface area (Å²) in [6.07, 6.45) is 1.39. The largest absolute Gasteiger partial charge is 0.354 e. The van der Waals surface area contributed by atoms with E-state index in [1.54, 1.807) is 4.90 Å². The molecular formula is C33H41ClN2O2. The average molecular weight is 533 g/mol. The first-order valence-electron chi connectivity index (χ1n) is 13.5. The SMILES string of the molecule is CC(C)CNC(=O)[C@@H](Cc1ccccc1)N(Cc1ccc(Cl)cc1)C(=O)CCc1ccc(C(C)(C)C)cc1. The zero-order chi connectivity index (χ0) is 27.7. The van der Waals surface area contributed by atoms with Gasteiger partial charge in [-0.25, -0.2) is 0 Å². The number of benzene rings is 3. The van der Waals surface area contributed by atoms with Crippen LogP contribution in [0.4, 0.5) is 0 Å². The van der Waals surface area contributed by atoms with Crippen molar-refractivity contribution < 1.29 is 9.59 Å². The fourth-order valence-electron chi connectivity index (χ4n) is 4.33. The standard InChI is InChI=1S/C33H41ClN2O2/c1-24(2)22-35-32(38)30(21-26-9-7-6-8-10-26)36(23-27-13-18-29(34)19-14-27)31(37)20-15-25-11-16-28(17-12-25)33(3,4)5/h6-14,16-19,24,30H,15,20-23H2,1-5H3,(H,35,38)/t30-/m1/s1. The third-order valence-corrected chi connectivity index (χ3v) is 6.92. The molecule has 0 bridgehead atoms. The fraction of sp³-hybridized carbons (Fsp3) is 0.394. The number of carbonyl (C=O) groups excluding carboxylic acids is 2. The molecule has 0 unspecified atom stereocenters. The van der Waals surface area contributed by atoms with Crippen LogP contribution in [0, 0.1) is 5.92 Å². The molecule has 0 radical (unpaired) electrons. The zero-order valence-electron chi connectivity index (χ0n) is 23.3. The molecule has 0 aliphatic carbocycles. The van der Waals surface area contributed by atoms with Crippen LogP contribution in [0.15, 0.2) is 78.9 Å². The number of nitrogens with one attached hydrogen (secondary N) is 1. The van der Waals surface area contributed by atoms with E-state index in [4.69, 9.17) is 11.6 Å². The van der Waals surface area contributed by atoms with E-state index in [1.165, 1.54) is 5.56 Å². The number of hydrogen-bond donors (Lipinski definition) is 1. The molecule has 38 heavy (non-hydrogen) atoms. The lowest BCUT2D eigenvalue weighted by molar-refractivity contribution is -0.141. The monoisotopic (exact) mass is 532 g/mol. The van der Waals surface area contributed by atoms with E-state index in [2.05, 4.69) is 64.2 Å². The summed E-state index contributed by atoms with van der Waals surface area (Å²) in [5.41, 5.74) is 4.41. The van der Waals surface area contributed by atoms with Gasteiger partial charge in [0.25, 0.3) is 0 Å². The van der Waals surface area contributed by atoms with Crippen molar-refractivity contribution >= 4 is 23.4 Å². The summed E-state index contributed by atoms with van der Waals surface area (Å²) in [7, 11) is 0. The van der Waals surface area contributed by atoms with Crippen LogP contribution in [0.25, 0.3) is 0 Å². The summed E-state index contributed by atoms with van der Waals surface area (Å²) in [4.78, 5) is 29.1. The van der Waals surface area contributed by atoms with Crippen LogP contribution in [0.3, 0.4) is 0 Å². The summed E-state index contributed by atoms with van der Waals surface area (Å²) in [5.74, 6) is 0.146. The lowest BCUT2D eigenvalue weighted by Crippen LogP contribution is -2.51. The Kier molecular flexibility index (Phi) is 10.6. The van der Waals surface area contributed by atoms with Crippen molar-refractivity contribution in [2.24, 2.45) is 5.92 Å². The highest BCUT2D eigenvalue weighted by Gasteiger charge is 2.30. The van der Waals surface area contributed by atoms with Crippen molar-refractivity contribution in [3.63, 3.8) is 0 Å². The van der Waals surface area contributed by atoms with Gasteiger partial charge >= 0.3 is 0 Å². The van der Waals surface area contributed by atoms with Crippen molar-refractivity contribution in [1.29, 1.82) is 0 Å². The minimum absolute atomic E-state index is 0.0412. The van der Waals surface area contributed by atoms with Gasteiger partial charge in [0.1, 0.15) is 6.04 Å². The predicted molar refractivity (Wildman–Crippen MR) is 157 cm³/mol. The van der Waals surface area contributed by atoms with Gasteiger partial charge in [-0.3, -0.25) is 9.59 Å². The van der Waals surface area contributed by atoms with Crippen molar-refractivity contribution in [3.05, 3.63) is 106 Å². The minimum Gasteiger partial charge on any atom is -0.354 e. The molecule has 0 heterocycles. The number of rotatable bonds is 11. The Morgan fingerprint density at radius 1 is 0.842 bits per heavy atom. The van der Waals surface area contributed by atoms with E-state index < -0.39 is 6.04 Å². The molecule has 202 valence electrons. The van der Waals surface area contributed by atoms with Crippen LogP contribution in [0.2, 0.25) is 5.02 Å². The normalized spacial score (nSPS) is 12.3. The third kappa shape index (κ3) is 9.02. The van der Waals surface area contributed by atoms with E-state index in [-0.39, 0.29) is 17.2 Å². The quantitative estimate of drug-likeness (QED) is 0.289.